The average Bonchev–Trinajstić information content (AvgIpc) is 3.26. The first kappa shape index (κ1) is 22.1. The van der Waals surface area contributed by atoms with Crippen molar-refractivity contribution in [3.8, 4) is 11.4 Å². The van der Waals surface area contributed by atoms with Gasteiger partial charge in [0.05, 0.1) is 17.8 Å². The van der Waals surface area contributed by atoms with E-state index in [0.717, 1.165) is 55.3 Å². The Bertz CT molecular complexity index is 1150. The lowest BCUT2D eigenvalue weighted by molar-refractivity contribution is -0.138. The van der Waals surface area contributed by atoms with Crippen molar-refractivity contribution in [2.24, 2.45) is 0 Å². The van der Waals surface area contributed by atoms with Crippen molar-refractivity contribution in [2.75, 3.05) is 0 Å². The number of hydrogen-bond donors (Lipinski definition) is 0. The molecule has 4 rings (SSSR count). The van der Waals surface area contributed by atoms with E-state index >= 15 is 0 Å². The van der Waals surface area contributed by atoms with Crippen LogP contribution in [0.2, 0.25) is 0 Å². The molecule has 0 aliphatic heterocycles. The predicted molar refractivity (Wildman–Crippen MR) is 103 cm³/mol. The van der Waals surface area contributed by atoms with E-state index in [1.807, 2.05) is 0 Å². The highest BCUT2D eigenvalue weighted by Gasteiger charge is 2.34. The predicted octanol–water partition coefficient (Wildman–Crippen LogP) is 5.35. The quantitative estimate of drug-likeness (QED) is 0.486. The fraction of sp³-hybridized carbons (Fsp3) is 0.429. The van der Waals surface area contributed by atoms with Gasteiger partial charge in [-0.25, -0.2) is 18.4 Å². The molecule has 170 valence electrons. The second-order valence-electron chi connectivity index (χ2n) is 7.64. The zero-order chi connectivity index (χ0) is 22.9. The molecule has 0 bridgehead atoms. The topological polar surface area (TPSA) is 73.8 Å². The third-order valence-corrected chi connectivity index (χ3v) is 5.58. The highest BCUT2D eigenvalue weighted by Crippen LogP contribution is 2.35. The monoisotopic (exact) mass is 454 g/mol. The Morgan fingerprint density at radius 2 is 1.91 bits per heavy atom. The molecule has 3 heterocycles. The van der Waals surface area contributed by atoms with Crippen LogP contribution in [0.5, 0.6) is 0 Å². The van der Waals surface area contributed by atoms with E-state index in [-0.39, 0.29) is 17.3 Å². The summed E-state index contributed by atoms with van der Waals surface area (Å²) >= 11 is 0. The Kier molecular flexibility index (Phi) is 6.07. The van der Waals surface area contributed by atoms with Crippen LogP contribution in [0.4, 0.5) is 22.0 Å². The molecule has 11 heteroatoms. The van der Waals surface area contributed by atoms with Gasteiger partial charge in [0.25, 0.3) is 12.0 Å². The average molecular weight is 454 g/mol. The molecule has 3 aromatic rings. The van der Waals surface area contributed by atoms with Gasteiger partial charge in [0.15, 0.2) is 12.2 Å². The van der Waals surface area contributed by atoms with E-state index in [2.05, 4.69) is 15.1 Å². The number of rotatable bonds is 5. The Labute approximate surface area is 179 Å². The van der Waals surface area contributed by atoms with Crippen LogP contribution in [-0.2, 0) is 12.7 Å². The van der Waals surface area contributed by atoms with E-state index in [4.69, 9.17) is 4.42 Å². The number of alkyl halides is 5. The third-order valence-electron chi connectivity index (χ3n) is 5.58. The highest BCUT2D eigenvalue weighted by atomic mass is 19.4. The first-order valence-electron chi connectivity index (χ1n) is 10.1. The highest BCUT2D eigenvalue weighted by molar-refractivity contribution is 5.57. The van der Waals surface area contributed by atoms with E-state index in [0.29, 0.717) is 5.56 Å². The fourth-order valence-electron chi connectivity index (χ4n) is 4.06. The number of halogens is 5. The van der Waals surface area contributed by atoms with Crippen LogP contribution < -0.4 is 5.56 Å². The van der Waals surface area contributed by atoms with Gasteiger partial charge in [-0.3, -0.25) is 9.78 Å². The third kappa shape index (κ3) is 4.42. The molecule has 3 aromatic heterocycles. The van der Waals surface area contributed by atoms with Crippen LogP contribution >= 0.6 is 0 Å². The second-order valence-corrected chi connectivity index (χ2v) is 7.64. The van der Waals surface area contributed by atoms with Gasteiger partial charge in [-0.15, -0.1) is 0 Å². The Balaban J connectivity index is 1.85. The molecule has 1 fully saturated rings. The number of nitrogens with zero attached hydrogens (tertiary/aromatic N) is 4. The first-order chi connectivity index (χ1) is 15.3. The lowest BCUT2D eigenvalue weighted by Crippen LogP contribution is -2.30. The van der Waals surface area contributed by atoms with Gasteiger partial charge in [0.1, 0.15) is 11.4 Å². The van der Waals surface area contributed by atoms with Gasteiger partial charge in [0, 0.05) is 11.8 Å². The number of pyridine rings is 1. The molecular weight excluding hydrogens is 435 g/mol. The van der Waals surface area contributed by atoms with Crippen molar-refractivity contribution < 1.29 is 26.4 Å². The molecule has 32 heavy (non-hydrogen) atoms. The summed E-state index contributed by atoms with van der Waals surface area (Å²) in [4.78, 5) is 20.8. The van der Waals surface area contributed by atoms with Crippen molar-refractivity contribution >= 4 is 0 Å². The van der Waals surface area contributed by atoms with Crippen LogP contribution in [-0.4, -0.2) is 19.7 Å². The van der Waals surface area contributed by atoms with Gasteiger partial charge in [-0.05, 0) is 37.0 Å². The molecule has 0 unspecified atom stereocenters. The number of aromatic nitrogens is 4. The maximum atomic E-state index is 13.4. The lowest BCUT2D eigenvalue weighted by Gasteiger charge is -2.22. The molecule has 1 aliphatic carbocycles. The largest absolute Gasteiger partial charge is 0.442 e. The van der Waals surface area contributed by atoms with E-state index < -0.39 is 41.7 Å². The fourth-order valence-corrected chi connectivity index (χ4v) is 4.06. The minimum Gasteiger partial charge on any atom is -0.442 e. The first-order valence-corrected chi connectivity index (χ1v) is 10.1. The summed E-state index contributed by atoms with van der Waals surface area (Å²) in [6.07, 6.45) is -1.37. The molecule has 0 N–H and O–H groups in total. The van der Waals surface area contributed by atoms with Crippen LogP contribution in [0.15, 0.2) is 40.0 Å². The number of hydrogen-bond acceptors (Lipinski definition) is 5. The maximum absolute atomic E-state index is 13.4. The van der Waals surface area contributed by atoms with Crippen LogP contribution in [0.3, 0.4) is 0 Å². The van der Waals surface area contributed by atoms with Crippen molar-refractivity contribution in [3.63, 3.8) is 0 Å². The molecule has 0 aromatic carbocycles. The van der Waals surface area contributed by atoms with Gasteiger partial charge in [0.2, 0.25) is 0 Å². The van der Waals surface area contributed by atoms with Crippen LogP contribution in [0.25, 0.3) is 11.4 Å². The molecule has 0 amide bonds. The maximum Gasteiger partial charge on any atom is 0.418 e. The molecule has 0 spiro atoms. The smallest absolute Gasteiger partial charge is 0.418 e. The molecule has 0 radical (unpaired) electrons. The normalized spacial score (nSPS) is 15.4. The molecule has 0 atom stereocenters. The molecule has 0 saturated heterocycles. The summed E-state index contributed by atoms with van der Waals surface area (Å²) in [7, 11) is 0. The zero-order valence-corrected chi connectivity index (χ0v) is 16.8. The van der Waals surface area contributed by atoms with Crippen molar-refractivity contribution in [2.45, 2.75) is 57.2 Å². The van der Waals surface area contributed by atoms with Crippen LogP contribution in [0, 0.1) is 0 Å². The Hall–Kier alpha value is -3.11. The second kappa shape index (κ2) is 8.79. The molecular formula is C21H19F5N4O2. The van der Waals surface area contributed by atoms with Crippen molar-refractivity contribution in [1.29, 1.82) is 0 Å². The molecule has 6 nitrogen and oxygen atoms in total. The summed E-state index contributed by atoms with van der Waals surface area (Å²) < 4.78 is 72.5. The summed E-state index contributed by atoms with van der Waals surface area (Å²) in [6.45, 7) is -0.566. The summed E-state index contributed by atoms with van der Waals surface area (Å²) in [6, 6.07) is 3.42. The Morgan fingerprint density at radius 1 is 1.16 bits per heavy atom. The van der Waals surface area contributed by atoms with Crippen LogP contribution in [0.1, 0.15) is 67.0 Å². The number of oxazole rings is 1. The SMILES string of the molecule is O=c1c(C2CCCCC2)cc(-c2ncoc2C(F)F)nn1Cc1ncccc1C(F)(F)F. The minimum atomic E-state index is -4.67. The molecule has 1 aliphatic rings. The summed E-state index contributed by atoms with van der Waals surface area (Å²) in [5.41, 5.74) is -1.94. The summed E-state index contributed by atoms with van der Waals surface area (Å²) in [5.74, 6) is -0.858. The van der Waals surface area contributed by atoms with E-state index in [1.165, 1.54) is 12.3 Å². The van der Waals surface area contributed by atoms with Crippen molar-refractivity contribution in [3.05, 3.63) is 63.7 Å². The summed E-state index contributed by atoms with van der Waals surface area (Å²) in [5, 5.41) is 4.07. The van der Waals surface area contributed by atoms with Gasteiger partial charge >= 0.3 is 6.18 Å². The standard InChI is InChI=1S/C21H19F5N4O2/c22-19(23)18-17(28-11-32-18)15-9-13(12-5-2-1-3-6-12)20(31)30(29-15)10-16-14(21(24,25)26)7-4-8-27-16/h4,7-9,11-12,19H,1-3,5-6,10H2. The van der Waals surface area contributed by atoms with Gasteiger partial charge < -0.3 is 4.42 Å². The minimum absolute atomic E-state index is 0.0567. The van der Waals surface area contributed by atoms with E-state index in [1.54, 1.807) is 0 Å². The van der Waals surface area contributed by atoms with Crippen molar-refractivity contribution in [1.82, 2.24) is 19.7 Å². The zero-order valence-electron chi connectivity index (χ0n) is 16.8. The molecule has 1 saturated carbocycles. The van der Waals surface area contributed by atoms with Gasteiger partial charge in [-0.1, -0.05) is 19.3 Å². The van der Waals surface area contributed by atoms with Gasteiger partial charge in [-0.2, -0.15) is 18.3 Å². The van der Waals surface area contributed by atoms with E-state index in [9.17, 15) is 26.7 Å². The lowest BCUT2D eigenvalue weighted by atomic mass is 9.84. The Morgan fingerprint density at radius 3 is 2.59 bits per heavy atom.